The van der Waals surface area contributed by atoms with Crippen LogP contribution in [0, 0.1) is 11.3 Å². The number of nitriles is 1. The topological polar surface area (TPSA) is 78.2 Å². The zero-order chi connectivity index (χ0) is 22.3. The Morgan fingerprint density at radius 3 is 2.06 bits per heavy atom. The average Bonchev–Trinajstić information content (AvgIpc) is 3.46. The number of rotatable bonds is 6. The summed E-state index contributed by atoms with van der Waals surface area (Å²) >= 11 is 0. The SMILES string of the molecule is COc1ccc(OC(CN(C)C)C2(O)CCCCC2)cc1.N#CC1OC12CCCCC2. The highest BCUT2D eigenvalue weighted by Crippen LogP contribution is 2.47. The molecule has 6 nitrogen and oxygen atoms in total. The van der Waals surface area contributed by atoms with E-state index in [0.29, 0.717) is 6.54 Å². The number of ether oxygens (including phenoxy) is 3. The molecule has 1 aromatic carbocycles. The maximum Gasteiger partial charge on any atom is 0.173 e. The molecule has 1 heterocycles. The van der Waals surface area contributed by atoms with Crippen LogP contribution in [0.2, 0.25) is 0 Å². The van der Waals surface area contributed by atoms with Crippen LogP contribution < -0.4 is 9.47 Å². The number of epoxide rings is 1. The van der Waals surface area contributed by atoms with E-state index in [1.165, 1.54) is 25.7 Å². The van der Waals surface area contributed by atoms with Gasteiger partial charge in [0.2, 0.25) is 0 Å². The summed E-state index contributed by atoms with van der Waals surface area (Å²) in [5.41, 5.74) is -0.685. The Labute approximate surface area is 187 Å². The second-order valence-electron chi connectivity index (χ2n) is 9.46. The van der Waals surface area contributed by atoms with Gasteiger partial charge in [-0.25, -0.2) is 0 Å². The van der Waals surface area contributed by atoms with Crippen molar-refractivity contribution in [2.75, 3.05) is 27.7 Å². The molecule has 0 bridgehead atoms. The molecule has 3 fully saturated rings. The number of hydrogen-bond donors (Lipinski definition) is 1. The zero-order valence-electron chi connectivity index (χ0n) is 19.3. The second-order valence-corrected chi connectivity index (χ2v) is 9.46. The Balaban J connectivity index is 0.000000225. The first-order valence-corrected chi connectivity index (χ1v) is 11.7. The fourth-order valence-corrected chi connectivity index (χ4v) is 4.83. The normalized spacial score (nSPS) is 24.5. The van der Waals surface area contributed by atoms with E-state index in [2.05, 4.69) is 11.0 Å². The number of methoxy groups -OCH3 is 1. The van der Waals surface area contributed by atoms with E-state index in [9.17, 15) is 5.11 Å². The molecule has 1 spiro atoms. The Morgan fingerprint density at radius 1 is 1.03 bits per heavy atom. The fraction of sp³-hybridized carbons (Fsp3) is 0.720. The molecule has 2 atom stereocenters. The highest BCUT2D eigenvalue weighted by atomic mass is 16.6. The minimum absolute atomic E-state index is 0.0347. The van der Waals surface area contributed by atoms with E-state index in [0.717, 1.165) is 50.0 Å². The summed E-state index contributed by atoms with van der Waals surface area (Å²) in [6, 6.07) is 9.73. The van der Waals surface area contributed by atoms with E-state index in [4.69, 9.17) is 19.5 Å². The Hall–Kier alpha value is -1.81. The molecule has 1 saturated heterocycles. The molecule has 1 aromatic rings. The lowest BCUT2D eigenvalue weighted by atomic mass is 9.80. The first-order chi connectivity index (χ1) is 14.9. The number of likely N-dealkylation sites (N-methyl/N-ethyl adjacent to an activating group) is 1. The van der Waals surface area contributed by atoms with Crippen LogP contribution in [0.15, 0.2) is 24.3 Å². The number of aliphatic hydroxyl groups is 1. The standard InChI is InChI=1S/C17H27NO3.C8H11NO/c1-18(2)13-16(17(19)11-5-4-6-12-17)21-15-9-7-14(20-3)8-10-15;9-6-7-8(10-7)4-2-1-3-5-8/h7-10,16,19H,4-6,11-13H2,1-3H3;7H,1-5H2. The maximum absolute atomic E-state index is 11.0. The molecule has 31 heavy (non-hydrogen) atoms. The summed E-state index contributed by atoms with van der Waals surface area (Å²) in [6.07, 6.45) is 10.8. The summed E-state index contributed by atoms with van der Waals surface area (Å²) in [6.45, 7) is 0.711. The lowest BCUT2D eigenvalue weighted by molar-refractivity contribution is -0.0915. The van der Waals surface area contributed by atoms with Gasteiger partial charge >= 0.3 is 0 Å². The van der Waals surface area contributed by atoms with Crippen LogP contribution >= 0.6 is 0 Å². The molecule has 172 valence electrons. The van der Waals surface area contributed by atoms with Crippen molar-refractivity contribution in [1.29, 1.82) is 5.26 Å². The monoisotopic (exact) mass is 430 g/mol. The third-order valence-electron chi connectivity index (χ3n) is 6.78. The minimum atomic E-state index is -0.720. The number of benzene rings is 1. The smallest absolute Gasteiger partial charge is 0.173 e. The Bertz CT molecular complexity index is 716. The molecule has 2 aliphatic carbocycles. The largest absolute Gasteiger partial charge is 0.497 e. The van der Waals surface area contributed by atoms with E-state index in [-0.39, 0.29) is 17.8 Å². The van der Waals surface area contributed by atoms with Crippen molar-refractivity contribution in [3.63, 3.8) is 0 Å². The van der Waals surface area contributed by atoms with Gasteiger partial charge in [-0.2, -0.15) is 5.26 Å². The zero-order valence-corrected chi connectivity index (χ0v) is 19.3. The molecule has 2 saturated carbocycles. The van der Waals surface area contributed by atoms with Crippen LogP contribution in [0.3, 0.4) is 0 Å². The van der Waals surface area contributed by atoms with Crippen LogP contribution in [-0.2, 0) is 4.74 Å². The number of hydrogen-bond acceptors (Lipinski definition) is 6. The quantitative estimate of drug-likeness (QED) is 0.678. The van der Waals surface area contributed by atoms with Crippen LogP contribution in [0.1, 0.15) is 64.2 Å². The van der Waals surface area contributed by atoms with Gasteiger partial charge in [0.25, 0.3) is 0 Å². The van der Waals surface area contributed by atoms with Gasteiger partial charge in [-0.15, -0.1) is 0 Å². The minimum Gasteiger partial charge on any atom is -0.497 e. The van der Waals surface area contributed by atoms with Crippen molar-refractivity contribution >= 4 is 0 Å². The molecule has 3 aliphatic rings. The second kappa shape index (κ2) is 10.7. The van der Waals surface area contributed by atoms with Crippen molar-refractivity contribution in [2.24, 2.45) is 0 Å². The van der Waals surface area contributed by atoms with Gasteiger partial charge in [0.15, 0.2) is 6.10 Å². The van der Waals surface area contributed by atoms with Gasteiger partial charge in [0.1, 0.15) is 28.8 Å². The first kappa shape index (κ1) is 23.8. The molecular formula is C25H38N2O4. The third kappa shape index (κ3) is 6.35. The summed E-state index contributed by atoms with van der Waals surface area (Å²) in [4.78, 5) is 2.07. The van der Waals surface area contributed by atoms with E-state index in [1.807, 2.05) is 38.4 Å². The van der Waals surface area contributed by atoms with Gasteiger partial charge in [0.05, 0.1) is 13.2 Å². The van der Waals surface area contributed by atoms with Crippen molar-refractivity contribution in [1.82, 2.24) is 4.90 Å². The van der Waals surface area contributed by atoms with Gasteiger partial charge in [-0.3, -0.25) is 0 Å². The Kier molecular flexibility index (Phi) is 8.21. The van der Waals surface area contributed by atoms with Crippen molar-refractivity contribution in [3.05, 3.63) is 24.3 Å². The van der Waals surface area contributed by atoms with Gasteiger partial charge in [-0.05, 0) is 64.0 Å². The van der Waals surface area contributed by atoms with Crippen LogP contribution in [0.4, 0.5) is 0 Å². The van der Waals surface area contributed by atoms with Crippen molar-refractivity contribution in [3.8, 4) is 17.6 Å². The van der Waals surface area contributed by atoms with E-state index in [1.54, 1.807) is 7.11 Å². The predicted molar refractivity (Wildman–Crippen MR) is 120 cm³/mol. The molecule has 1 N–H and O–H groups in total. The highest BCUT2D eigenvalue weighted by Gasteiger charge is 2.56. The summed E-state index contributed by atoms with van der Waals surface area (Å²) in [5, 5.41) is 19.5. The summed E-state index contributed by atoms with van der Waals surface area (Å²) < 4.78 is 16.6. The molecule has 0 radical (unpaired) electrons. The molecule has 6 heteroatoms. The molecule has 4 rings (SSSR count). The number of nitrogens with zero attached hydrogens (tertiary/aromatic N) is 2. The van der Waals surface area contributed by atoms with Crippen LogP contribution in [-0.4, -0.2) is 61.2 Å². The maximum atomic E-state index is 11.0. The Morgan fingerprint density at radius 2 is 1.58 bits per heavy atom. The van der Waals surface area contributed by atoms with Gasteiger partial charge < -0.3 is 24.2 Å². The molecule has 1 aliphatic heterocycles. The molecule has 0 amide bonds. The molecule has 2 unspecified atom stereocenters. The molecular weight excluding hydrogens is 392 g/mol. The molecule has 0 aromatic heterocycles. The predicted octanol–water partition coefficient (Wildman–Crippen LogP) is 4.31. The van der Waals surface area contributed by atoms with Gasteiger partial charge in [0, 0.05) is 6.54 Å². The lowest BCUT2D eigenvalue weighted by Crippen LogP contribution is -2.51. The summed E-state index contributed by atoms with van der Waals surface area (Å²) in [7, 11) is 5.67. The van der Waals surface area contributed by atoms with E-state index >= 15 is 0 Å². The van der Waals surface area contributed by atoms with Crippen LogP contribution in [0.25, 0.3) is 0 Å². The summed E-state index contributed by atoms with van der Waals surface area (Å²) in [5.74, 6) is 1.59. The van der Waals surface area contributed by atoms with Crippen molar-refractivity contribution in [2.45, 2.75) is 87.6 Å². The van der Waals surface area contributed by atoms with Crippen molar-refractivity contribution < 1.29 is 19.3 Å². The van der Waals surface area contributed by atoms with E-state index < -0.39 is 5.60 Å². The average molecular weight is 431 g/mol. The highest BCUT2D eigenvalue weighted by molar-refractivity contribution is 5.31. The van der Waals surface area contributed by atoms with Gasteiger partial charge in [-0.1, -0.05) is 38.5 Å². The lowest BCUT2D eigenvalue weighted by Gasteiger charge is -2.40. The third-order valence-corrected chi connectivity index (χ3v) is 6.78. The first-order valence-electron chi connectivity index (χ1n) is 11.7. The van der Waals surface area contributed by atoms with Crippen LogP contribution in [0.5, 0.6) is 11.5 Å². The fourth-order valence-electron chi connectivity index (χ4n) is 4.83.